The van der Waals surface area contributed by atoms with Crippen molar-refractivity contribution in [1.29, 1.82) is 0 Å². The third-order valence-corrected chi connectivity index (χ3v) is 3.69. The van der Waals surface area contributed by atoms with E-state index < -0.39 is 0 Å². The number of nitrogens with zero attached hydrogens (tertiary/aromatic N) is 1. The summed E-state index contributed by atoms with van der Waals surface area (Å²) >= 11 is 0. The van der Waals surface area contributed by atoms with Gasteiger partial charge in [0.2, 0.25) is 0 Å². The summed E-state index contributed by atoms with van der Waals surface area (Å²) in [7, 11) is 4.00. The first-order valence-corrected chi connectivity index (χ1v) is 7.95. The number of hydrogen-bond donors (Lipinski definition) is 0. The van der Waals surface area contributed by atoms with Gasteiger partial charge in [-0.3, -0.25) is 4.79 Å². The van der Waals surface area contributed by atoms with Crippen molar-refractivity contribution in [3.05, 3.63) is 29.8 Å². The number of carbonyl (C=O) groups is 1. The Morgan fingerprint density at radius 1 is 1.00 bits per heavy atom. The molecule has 2 heteroatoms. The molecule has 0 atom stereocenters. The number of unbranched alkanes of at least 4 members (excludes halogenated alkanes) is 6. The fourth-order valence-corrected chi connectivity index (χ4v) is 2.34. The van der Waals surface area contributed by atoms with Gasteiger partial charge in [0.1, 0.15) is 0 Å². The van der Waals surface area contributed by atoms with Gasteiger partial charge < -0.3 is 4.90 Å². The summed E-state index contributed by atoms with van der Waals surface area (Å²) in [4.78, 5) is 14.2. The predicted octanol–water partition coefficient (Wildman–Crippen LogP) is 5.08. The van der Waals surface area contributed by atoms with E-state index in [1.165, 1.54) is 38.5 Å². The zero-order chi connectivity index (χ0) is 14.8. The Balaban J connectivity index is 2.27. The monoisotopic (exact) mass is 275 g/mol. The van der Waals surface area contributed by atoms with Crippen LogP contribution in [0.15, 0.2) is 24.3 Å². The molecule has 0 aliphatic rings. The van der Waals surface area contributed by atoms with E-state index in [0.717, 1.165) is 17.7 Å². The summed E-state index contributed by atoms with van der Waals surface area (Å²) in [6.45, 7) is 2.24. The smallest absolute Gasteiger partial charge is 0.162 e. The van der Waals surface area contributed by atoms with Crippen LogP contribution in [0.5, 0.6) is 0 Å². The maximum Gasteiger partial charge on any atom is 0.162 e. The molecule has 0 saturated carbocycles. The Hall–Kier alpha value is -1.31. The van der Waals surface area contributed by atoms with Crippen LogP contribution in [-0.2, 0) is 0 Å². The van der Waals surface area contributed by atoms with Crippen molar-refractivity contribution in [2.75, 3.05) is 19.0 Å². The quantitative estimate of drug-likeness (QED) is 0.438. The van der Waals surface area contributed by atoms with E-state index in [1.807, 2.05) is 43.3 Å². The molecule has 1 rings (SSSR count). The van der Waals surface area contributed by atoms with Crippen LogP contribution in [0.25, 0.3) is 0 Å². The topological polar surface area (TPSA) is 20.3 Å². The highest BCUT2D eigenvalue weighted by atomic mass is 16.1. The molecule has 1 aromatic rings. The van der Waals surface area contributed by atoms with Crippen molar-refractivity contribution in [2.45, 2.75) is 58.3 Å². The molecule has 0 amide bonds. The zero-order valence-corrected chi connectivity index (χ0v) is 13.3. The molecule has 1 aromatic carbocycles. The SMILES string of the molecule is CCCCCCCCCC(=O)c1cccc(N(C)C)c1. The largest absolute Gasteiger partial charge is 0.378 e. The van der Waals surface area contributed by atoms with Gasteiger partial charge in [-0.05, 0) is 18.6 Å². The second-order valence-electron chi connectivity index (χ2n) is 5.74. The second kappa shape index (κ2) is 9.57. The fourth-order valence-electron chi connectivity index (χ4n) is 2.34. The lowest BCUT2D eigenvalue weighted by atomic mass is 10.0. The van der Waals surface area contributed by atoms with E-state index >= 15 is 0 Å². The number of carbonyl (C=O) groups excluding carboxylic acids is 1. The van der Waals surface area contributed by atoms with Gasteiger partial charge in [0.15, 0.2) is 5.78 Å². The first-order valence-electron chi connectivity index (χ1n) is 7.95. The summed E-state index contributed by atoms with van der Waals surface area (Å²) in [6.07, 6.45) is 9.46. The van der Waals surface area contributed by atoms with Crippen molar-refractivity contribution < 1.29 is 4.79 Å². The molecule has 0 fully saturated rings. The average molecular weight is 275 g/mol. The van der Waals surface area contributed by atoms with Gasteiger partial charge in [0.05, 0.1) is 0 Å². The van der Waals surface area contributed by atoms with Gasteiger partial charge in [-0.1, -0.05) is 57.6 Å². The van der Waals surface area contributed by atoms with Crippen LogP contribution >= 0.6 is 0 Å². The van der Waals surface area contributed by atoms with Crippen molar-refractivity contribution in [2.24, 2.45) is 0 Å². The molecule has 0 saturated heterocycles. The lowest BCUT2D eigenvalue weighted by Gasteiger charge is -2.13. The van der Waals surface area contributed by atoms with E-state index in [1.54, 1.807) is 0 Å². The summed E-state index contributed by atoms with van der Waals surface area (Å²) < 4.78 is 0. The molecular weight excluding hydrogens is 246 g/mol. The normalized spacial score (nSPS) is 10.6. The zero-order valence-electron chi connectivity index (χ0n) is 13.3. The Kier molecular flexibility index (Phi) is 8.01. The standard InChI is InChI=1S/C18H29NO/c1-4-5-6-7-8-9-10-14-18(20)16-12-11-13-17(15-16)19(2)3/h11-13,15H,4-10,14H2,1-3H3. The van der Waals surface area contributed by atoms with E-state index in [2.05, 4.69) is 6.92 Å². The molecule has 0 aliphatic heterocycles. The Bertz CT molecular complexity index is 398. The van der Waals surface area contributed by atoms with Gasteiger partial charge >= 0.3 is 0 Å². The highest BCUT2D eigenvalue weighted by Crippen LogP contribution is 2.16. The molecule has 0 spiro atoms. The van der Waals surface area contributed by atoms with Crippen LogP contribution in [0.1, 0.15) is 68.6 Å². The van der Waals surface area contributed by atoms with Gasteiger partial charge in [-0.2, -0.15) is 0 Å². The number of Topliss-reactive ketones (excluding diaryl/α,β-unsaturated/α-hetero) is 1. The molecular formula is C18H29NO. The van der Waals surface area contributed by atoms with Crippen molar-refractivity contribution in [1.82, 2.24) is 0 Å². The molecule has 0 aromatic heterocycles. The highest BCUT2D eigenvalue weighted by Gasteiger charge is 2.06. The highest BCUT2D eigenvalue weighted by molar-refractivity contribution is 5.96. The maximum absolute atomic E-state index is 12.1. The summed E-state index contributed by atoms with van der Waals surface area (Å²) in [6, 6.07) is 7.91. The molecule has 0 heterocycles. The minimum absolute atomic E-state index is 0.280. The maximum atomic E-state index is 12.1. The number of ketones is 1. The lowest BCUT2D eigenvalue weighted by Crippen LogP contribution is -2.09. The van der Waals surface area contributed by atoms with Gasteiger partial charge in [0.25, 0.3) is 0 Å². The molecule has 0 unspecified atom stereocenters. The van der Waals surface area contributed by atoms with Crippen LogP contribution < -0.4 is 4.90 Å². The third-order valence-electron chi connectivity index (χ3n) is 3.69. The van der Waals surface area contributed by atoms with E-state index in [9.17, 15) is 4.79 Å². The van der Waals surface area contributed by atoms with Gasteiger partial charge in [-0.25, -0.2) is 0 Å². The van der Waals surface area contributed by atoms with Crippen molar-refractivity contribution in [3.63, 3.8) is 0 Å². The van der Waals surface area contributed by atoms with Gasteiger partial charge in [0, 0.05) is 31.8 Å². The molecule has 2 nitrogen and oxygen atoms in total. The molecule has 0 N–H and O–H groups in total. The molecule has 20 heavy (non-hydrogen) atoms. The Labute approximate surface area is 124 Å². The molecule has 0 aliphatic carbocycles. The summed E-state index contributed by atoms with van der Waals surface area (Å²) in [5.41, 5.74) is 1.94. The molecule has 112 valence electrons. The van der Waals surface area contributed by atoms with Crippen LogP contribution in [0, 0.1) is 0 Å². The summed E-state index contributed by atoms with van der Waals surface area (Å²) in [5, 5.41) is 0. The Morgan fingerprint density at radius 3 is 2.30 bits per heavy atom. The van der Waals surface area contributed by atoms with Gasteiger partial charge in [-0.15, -0.1) is 0 Å². The van der Waals surface area contributed by atoms with Crippen LogP contribution in [0.3, 0.4) is 0 Å². The fraction of sp³-hybridized carbons (Fsp3) is 0.611. The van der Waals surface area contributed by atoms with Crippen LogP contribution in [0.4, 0.5) is 5.69 Å². The molecule has 0 radical (unpaired) electrons. The van der Waals surface area contributed by atoms with E-state index in [4.69, 9.17) is 0 Å². The first kappa shape index (κ1) is 16.7. The number of rotatable bonds is 10. The summed E-state index contributed by atoms with van der Waals surface area (Å²) in [5.74, 6) is 0.280. The van der Waals surface area contributed by atoms with Crippen molar-refractivity contribution in [3.8, 4) is 0 Å². The van der Waals surface area contributed by atoms with Crippen LogP contribution in [-0.4, -0.2) is 19.9 Å². The first-order chi connectivity index (χ1) is 9.65. The molecule has 0 bridgehead atoms. The second-order valence-corrected chi connectivity index (χ2v) is 5.74. The van der Waals surface area contributed by atoms with E-state index in [-0.39, 0.29) is 5.78 Å². The van der Waals surface area contributed by atoms with Crippen molar-refractivity contribution >= 4 is 11.5 Å². The number of hydrogen-bond acceptors (Lipinski definition) is 2. The van der Waals surface area contributed by atoms with Crippen LogP contribution in [0.2, 0.25) is 0 Å². The average Bonchev–Trinajstić information content (AvgIpc) is 2.46. The van der Waals surface area contributed by atoms with E-state index in [0.29, 0.717) is 6.42 Å². The Morgan fingerprint density at radius 2 is 1.65 bits per heavy atom. The predicted molar refractivity (Wildman–Crippen MR) is 87.7 cm³/mol. The number of anilines is 1. The lowest BCUT2D eigenvalue weighted by molar-refractivity contribution is 0.0979. The number of benzene rings is 1. The minimum atomic E-state index is 0.280. The minimum Gasteiger partial charge on any atom is -0.378 e. The third kappa shape index (κ3) is 6.23.